The molecule has 0 aromatic carbocycles. The second kappa shape index (κ2) is 8.17. The molecule has 0 saturated heterocycles. The van der Waals surface area contributed by atoms with E-state index < -0.39 is 0 Å². The molecular weight excluding hydrogens is 274 g/mol. The molecule has 0 aliphatic carbocycles. The second-order valence-corrected chi connectivity index (χ2v) is 5.40. The van der Waals surface area contributed by atoms with Crippen LogP contribution in [0.15, 0.2) is 58.0 Å². The van der Waals surface area contributed by atoms with Gasteiger partial charge < -0.3 is 5.32 Å². The third-order valence-corrected chi connectivity index (χ3v) is 3.49. The third-order valence-electron chi connectivity index (χ3n) is 3.49. The topological polar surface area (TPSA) is 46.4 Å². The van der Waals surface area contributed by atoms with Crippen LogP contribution in [-0.2, 0) is 0 Å². The first kappa shape index (κ1) is 17.7. The van der Waals surface area contributed by atoms with Crippen molar-refractivity contribution in [3.05, 3.63) is 58.6 Å². The first-order valence-corrected chi connectivity index (χ1v) is 7.31. The summed E-state index contributed by atoms with van der Waals surface area (Å²) in [6, 6.07) is 3.41. The first-order valence-electron chi connectivity index (χ1n) is 7.31. The number of aliphatic imine (C=N–C) groups is 1. The predicted octanol–water partition coefficient (Wildman–Crippen LogP) is 3.59. The Morgan fingerprint density at radius 2 is 2.14 bits per heavy atom. The summed E-state index contributed by atoms with van der Waals surface area (Å²) in [5.74, 6) is 0.432. The minimum Gasteiger partial charge on any atom is -0.388 e. The van der Waals surface area contributed by atoms with Crippen molar-refractivity contribution in [1.82, 2.24) is 4.57 Å². The zero-order valence-electron chi connectivity index (χ0n) is 14.1. The summed E-state index contributed by atoms with van der Waals surface area (Å²) >= 11 is 0. The lowest BCUT2D eigenvalue weighted by Gasteiger charge is -2.13. The minimum atomic E-state index is -0.112. The molecule has 1 rings (SSSR count). The number of hydrogen-bond donors (Lipinski definition) is 1. The molecule has 0 saturated carbocycles. The highest BCUT2D eigenvalue weighted by atomic mass is 16.1. The minimum absolute atomic E-state index is 0.112. The normalized spacial score (nSPS) is 13.0. The van der Waals surface area contributed by atoms with Crippen LogP contribution in [0.25, 0.3) is 5.70 Å². The van der Waals surface area contributed by atoms with E-state index in [-0.39, 0.29) is 5.56 Å². The van der Waals surface area contributed by atoms with E-state index >= 15 is 0 Å². The van der Waals surface area contributed by atoms with E-state index in [1.807, 2.05) is 12.1 Å². The summed E-state index contributed by atoms with van der Waals surface area (Å²) < 4.78 is 1.58. The van der Waals surface area contributed by atoms with E-state index in [4.69, 9.17) is 0 Å². The van der Waals surface area contributed by atoms with Gasteiger partial charge >= 0.3 is 0 Å². The quantitative estimate of drug-likeness (QED) is 0.644. The summed E-state index contributed by atoms with van der Waals surface area (Å²) in [5.41, 5.74) is 3.39. The zero-order valence-corrected chi connectivity index (χ0v) is 14.1. The third kappa shape index (κ3) is 4.58. The Kier molecular flexibility index (Phi) is 6.57. The molecule has 118 valence electrons. The molecule has 1 aromatic heterocycles. The maximum Gasteiger partial charge on any atom is 0.257 e. The predicted molar refractivity (Wildman–Crippen MR) is 96.7 cm³/mol. The molecular formula is C18H25N3O. The van der Waals surface area contributed by atoms with Crippen molar-refractivity contribution in [2.45, 2.75) is 20.8 Å². The standard InChI is InChI=1S/C18H25N3O/c1-13(2)14(3)11-15(4)17(7-9-19-5)21-10-8-16(20-6)12-18(21)22/h7-13,20H,4H2,1-3,5-6H3/b14-11+,17-7+,19-9?. The SMILES string of the molecule is C=C(/C=C(\C)C(C)C)/C(=C\C=NC)n1ccc(NC)cc1=O. The summed E-state index contributed by atoms with van der Waals surface area (Å²) in [6.07, 6.45) is 7.22. The molecule has 0 bridgehead atoms. The van der Waals surface area contributed by atoms with E-state index in [1.54, 1.807) is 43.2 Å². The first-order chi connectivity index (χ1) is 10.4. The van der Waals surface area contributed by atoms with Crippen molar-refractivity contribution in [3.63, 3.8) is 0 Å². The van der Waals surface area contributed by atoms with E-state index in [2.05, 4.69) is 37.7 Å². The fourth-order valence-electron chi connectivity index (χ4n) is 1.84. The molecule has 1 aromatic rings. The molecule has 1 N–H and O–H groups in total. The van der Waals surface area contributed by atoms with Crippen LogP contribution >= 0.6 is 0 Å². The van der Waals surface area contributed by atoms with Crippen LogP contribution < -0.4 is 10.9 Å². The summed E-state index contributed by atoms with van der Waals surface area (Å²) in [7, 11) is 3.48. The van der Waals surface area contributed by atoms with Gasteiger partial charge in [-0.3, -0.25) is 14.4 Å². The van der Waals surface area contributed by atoms with Crippen LogP contribution in [-0.4, -0.2) is 24.9 Å². The average molecular weight is 299 g/mol. The highest BCUT2D eigenvalue weighted by molar-refractivity contribution is 5.85. The maximum absolute atomic E-state index is 12.3. The number of allylic oxidation sites excluding steroid dienone is 5. The fraction of sp³-hybridized carbons (Fsp3) is 0.333. The van der Waals surface area contributed by atoms with Gasteiger partial charge in [-0.1, -0.05) is 32.1 Å². The van der Waals surface area contributed by atoms with Crippen molar-refractivity contribution in [2.75, 3.05) is 19.4 Å². The van der Waals surface area contributed by atoms with Crippen molar-refractivity contribution in [1.29, 1.82) is 0 Å². The van der Waals surface area contributed by atoms with Crippen molar-refractivity contribution < 1.29 is 0 Å². The Labute approximate surface area is 132 Å². The Balaban J connectivity index is 3.34. The van der Waals surface area contributed by atoms with Crippen molar-refractivity contribution in [2.24, 2.45) is 10.9 Å². The largest absolute Gasteiger partial charge is 0.388 e. The van der Waals surface area contributed by atoms with E-state index in [1.165, 1.54) is 5.57 Å². The van der Waals surface area contributed by atoms with Crippen molar-refractivity contribution in [3.8, 4) is 0 Å². The van der Waals surface area contributed by atoms with Gasteiger partial charge in [0.15, 0.2) is 0 Å². The zero-order chi connectivity index (χ0) is 16.7. The summed E-state index contributed by atoms with van der Waals surface area (Å²) in [5, 5.41) is 2.96. The van der Waals surface area contributed by atoms with Crippen LogP contribution in [0.2, 0.25) is 0 Å². The number of nitrogens with one attached hydrogen (secondary N) is 1. The molecule has 0 unspecified atom stereocenters. The highest BCUT2D eigenvalue weighted by Gasteiger charge is 2.07. The van der Waals surface area contributed by atoms with Gasteiger partial charge in [-0.05, 0) is 30.6 Å². The number of nitrogens with zero attached hydrogens (tertiary/aromatic N) is 2. The van der Waals surface area contributed by atoms with Crippen LogP contribution in [0.4, 0.5) is 5.69 Å². The van der Waals surface area contributed by atoms with Gasteiger partial charge in [0.05, 0.1) is 5.70 Å². The van der Waals surface area contributed by atoms with Gasteiger partial charge in [-0.2, -0.15) is 0 Å². The highest BCUT2D eigenvalue weighted by Crippen LogP contribution is 2.19. The number of aromatic nitrogens is 1. The Morgan fingerprint density at radius 3 is 2.64 bits per heavy atom. The Morgan fingerprint density at radius 1 is 1.45 bits per heavy atom. The van der Waals surface area contributed by atoms with Crippen LogP contribution in [0.3, 0.4) is 0 Å². The smallest absolute Gasteiger partial charge is 0.257 e. The number of hydrogen-bond acceptors (Lipinski definition) is 3. The van der Waals surface area contributed by atoms with E-state index in [9.17, 15) is 4.79 Å². The lowest BCUT2D eigenvalue weighted by Crippen LogP contribution is -2.19. The van der Waals surface area contributed by atoms with Gasteiger partial charge in [-0.25, -0.2) is 0 Å². The molecule has 22 heavy (non-hydrogen) atoms. The molecule has 0 fully saturated rings. The second-order valence-electron chi connectivity index (χ2n) is 5.40. The van der Waals surface area contributed by atoms with Crippen LogP contribution in [0.5, 0.6) is 0 Å². The van der Waals surface area contributed by atoms with Crippen LogP contribution in [0, 0.1) is 5.92 Å². The number of pyridine rings is 1. The molecule has 4 heteroatoms. The Bertz CT molecular complexity index is 676. The molecule has 0 aliphatic rings. The van der Waals surface area contributed by atoms with Crippen molar-refractivity contribution >= 4 is 17.6 Å². The average Bonchev–Trinajstić information content (AvgIpc) is 2.48. The van der Waals surface area contributed by atoms with Gasteiger partial charge in [0.2, 0.25) is 0 Å². The summed E-state index contributed by atoms with van der Waals surface area (Å²) in [6.45, 7) is 10.4. The lowest BCUT2D eigenvalue weighted by molar-refractivity contribution is 0.768. The number of anilines is 1. The van der Waals surface area contributed by atoms with Gasteiger partial charge in [0, 0.05) is 38.3 Å². The number of rotatable bonds is 6. The monoisotopic (exact) mass is 299 g/mol. The maximum atomic E-state index is 12.3. The molecule has 4 nitrogen and oxygen atoms in total. The molecule has 0 amide bonds. The fourth-order valence-corrected chi connectivity index (χ4v) is 1.84. The molecule has 1 heterocycles. The molecule has 0 spiro atoms. The van der Waals surface area contributed by atoms with Crippen LogP contribution in [0.1, 0.15) is 20.8 Å². The van der Waals surface area contributed by atoms with Gasteiger partial charge in [-0.15, -0.1) is 0 Å². The van der Waals surface area contributed by atoms with Gasteiger partial charge in [0.1, 0.15) is 0 Å². The molecule has 0 aliphatic heterocycles. The Hall–Kier alpha value is -2.36. The van der Waals surface area contributed by atoms with E-state index in [0.29, 0.717) is 5.92 Å². The molecule has 0 radical (unpaired) electrons. The lowest BCUT2D eigenvalue weighted by atomic mass is 10.0. The van der Waals surface area contributed by atoms with Gasteiger partial charge in [0.25, 0.3) is 5.56 Å². The molecule has 0 atom stereocenters. The van der Waals surface area contributed by atoms with E-state index in [0.717, 1.165) is 17.0 Å². The summed E-state index contributed by atoms with van der Waals surface area (Å²) in [4.78, 5) is 16.3.